The molecule has 1 heteroatoms. The first-order valence-electron chi connectivity index (χ1n) is 17.2. The summed E-state index contributed by atoms with van der Waals surface area (Å²) in [7, 11) is -1.95. The molecule has 3 aliphatic rings. The van der Waals surface area contributed by atoms with Gasteiger partial charge in [0.25, 0.3) is 0 Å². The first-order valence-corrected chi connectivity index (χ1v) is 20.2. The van der Waals surface area contributed by atoms with Crippen LogP contribution in [0.5, 0.6) is 0 Å². The van der Waals surface area contributed by atoms with Crippen LogP contribution < -0.4 is 15.6 Å². The first kappa shape index (κ1) is 27.8. The summed E-state index contributed by atoms with van der Waals surface area (Å²) in [5.41, 5.74) is 9.65. The van der Waals surface area contributed by atoms with Gasteiger partial charge in [-0.05, 0) is 112 Å². The zero-order valence-corrected chi connectivity index (χ0v) is 28.6. The minimum atomic E-state index is -1.95. The summed E-state index contributed by atoms with van der Waals surface area (Å²) in [6.45, 7) is 7.73. The molecule has 0 fully saturated rings. The quantitative estimate of drug-likeness (QED) is 0.167. The second-order valence-corrected chi connectivity index (χ2v) is 19.1. The van der Waals surface area contributed by atoms with Crippen LogP contribution in [0.3, 0.4) is 0 Å². The van der Waals surface area contributed by atoms with Crippen LogP contribution in [-0.4, -0.2) is 8.07 Å². The van der Waals surface area contributed by atoms with Gasteiger partial charge in [0.1, 0.15) is 8.07 Å². The van der Waals surface area contributed by atoms with E-state index in [1.54, 1.807) is 10.4 Å². The molecular weight excluding hydrogens is 593 g/mol. The van der Waals surface area contributed by atoms with Crippen molar-refractivity contribution in [2.24, 2.45) is 5.41 Å². The Hall–Kier alpha value is -5.24. The van der Waals surface area contributed by atoms with Crippen LogP contribution in [0.2, 0.25) is 13.1 Å². The minimum Gasteiger partial charge on any atom is -0.0672 e. The lowest BCUT2D eigenvalue weighted by Gasteiger charge is -2.44. The van der Waals surface area contributed by atoms with E-state index >= 15 is 0 Å². The Labute approximate surface area is 282 Å². The molecule has 7 aromatic carbocycles. The average molecular weight is 629 g/mol. The predicted octanol–water partition coefficient (Wildman–Crippen LogP) is 9.82. The number of rotatable bonds is 2. The highest BCUT2D eigenvalue weighted by atomic mass is 28.3. The fraction of sp³-hybridized carbons (Fsp3) is 0.106. The molecule has 0 saturated heterocycles. The van der Waals surface area contributed by atoms with Gasteiger partial charge in [-0.15, -0.1) is 0 Å². The highest BCUT2D eigenvalue weighted by Gasteiger charge is 2.49. The molecule has 0 spiro atoms. The van der Waals surface area contributed by atoms with Gasteiger partial charge < -0.3 is 0 Å². The lowest BCUT2D eigenvalue weighted by atomic mass is 9.61. The highest BCUT2D eigenvalue weighted by Crippen LogP contribution is 2.57. The summed E-state index contributed by atoms with van der Waals surface area (Å²) in [4.78, 5) is 0. The topological polar surface area (TPSA) is 0 Å². The molecular formula is C47H36Si. The van der Waals surface area contributed by atoms with Gasteiger partial charge in [0.2, 0.25) is 0 Å². The Morgan fingerprint density at radius 2 is 1.04 bits per heavy atom. The highest BCUT2D eigenvalue weighted by molar-refractivity contribution is 6.98. The maximum absolute atomic E-state index is 2.63. The zero-order chi connectivity index (χ0) is 32.2. The van der Waals surface area contributed by atoms with E-state index in [0.717, 1.165) is 6.42 Å². The molecule has 0 N–H and O–H groups in total. The monoisotopic (exact) mass is 628 g/mol. The summed E-state index contributed by atoms with van der Waals surface area (Å²) in [5.74, 6) is 0. The molecule has 7 aromatic rings. The lowest BCUT2D eigenvalue weighted by Crippen LogP contribution is -2.46. The standard InChI is InChI=1S/C47H36Si/c1-47-29-44-41(40-26-34-16-8-9-17-35(34)27-43(40)48(44,2)3)28-42(47)45(36-22-20-30-12-4-6-14-32(30)24-36)38-18-10-11-19-39(38)46(47)37-23-21-31-13-5-7-15-33(31)25-37/h4-28H,29H2,1-3H3. The predicted molar refractivity (Wildman–Crippen MR) is 207 cm³/mol. The van der Waals surface area contributed by atoms with Crippen LogP contribution in [0.4, 0.5) is 0 Å². The maximum atomic E-state index is 2.63. The minimum absolute atomic E-state index is 0.206. The normalized spacial score (nSPS) is 19.3. The Kier molecular flexibility index (Phi) is 5.73. The van der Waals surface area contributed by atoms with Gasteiger partial charge >= 0.3 is 0 Å². The summed E-state index contributed by atoms with van der Waals surface area (Å²) >= 11 is 0. The van der Waals surface area contributed by atoms with E-state index in [0.29, 0.717) is 0 Å². The molecule has 0 amide bonds. The van der Waals surface area contributed by atoms with E-state index in [2.05, 4.69) is 172 Å². The van der Waals surface area contributed by atoms with Crippen molar-refractivity contribution in [1.82, 2.24) is 0 Å². The molecule has 1 unspecified atom stereocenters. The smallest absolute Gasteiger partial charge is 0.0672 e. The van der Waals surface area contributed by atoms with Crippen molar-refractivity contribution in [3.63, 3.8) is 0 Å². The molecule has 0 saturated carbocycles. The van der Waals surface area contributed by atoms with Crippen molar-refractivity contribution < 1.29 is 0 Å². The largest absolute Gasteiger partial charge is 0.109 e. The number of hydrogen-bond acceptors (Lipinski definition) is 0. The summed E-state index contributed by atoms with van der Waals surface area (Å²) < 4.78 is 0. The average Bonchev–Trinajstić information content (AvgIpc) is 3.32. The third-order valence-corrected chi connectivity index (χ3v) is 15.4. The maximum Gasteiger partial charge on any atom is 0.109 e. The van der Waals surface area contributed by atoms with E-state index in [1.807, 2.05) is 0 Å². The van der Waals surface area contributed by atoms with Gasteiger partial charge in [-0.25, -0.2) is 0 Å². The van der Waals surface area contributed by atoms with E-state index < -0.39 is 8.07 Å². The van der Waals surface area contributed by atoms with Gasteiger partial charge in [0, 0.05) is 5.41 Å². The van der Waals surface area contributed by atoms with Crippen LogP contribution >= 0.6 is 0 Å². The second-order valence-electron chi connectivity index (χ2n) is 14.7. The Bertz CT molecular complexity index is 2740. The Balaban J connectivity index is 1.33. The van der Waals surface area contributed by atoms with E-state index in [9.17, 15) is 0 Å². The van der Waals surface area contributed by atoms with Crippen molar-refractivity contribution in [3.8, 4) is 0 Å². The van der Waals surface area contributed by atoms with Crippen molar-refractivity contribution in [3.05, 3.63) is 190 Å². The number of fused-ring (bicyclic) bond motifs is 7. The molecule has 0 bridgehead atoms. The van der Waals surface area contributed by atoms with Crippen molar-refractivity contribution in [1.29, 1.82) is 0 Å². The molecule has 1 heterocycles. The fourth-order valence-electron chi connectivity index (χ4n) is 9.28. The van der Waals surface area contributed by atoms with Crippen LogP contribution in [0.25, 0.3) is 49.0 Å². The molecule has 0 radical (unpaired) electrons. The Morgan fingerprint density at radius 1 is 0.521 bits per heavy atom. The van der Waals surface area contributed by atoms with Crippen LogP contribution in [0.15, 0.2) is 162 Å². The van der Waals surface area contributed by atoms with Gasteiger partial charge in [0.15, 0.2) is 0 Å². The molecule has 1 atom stereocenters. The van der Waals surface area contributed by atoms with Crippen molar-refractivity contribution in [2.45, 2.75) is 26.4 Å². The SMILES string of the molecule is CC12CC3=C(C=C1C(c1ccc4ccccc4c1)=c1ccccc1=C2c1ccc2ccccc2c1)c1cc2ccccc2cc1[Si]3(C)C. The van der Waals surface area contributed by atoms with E-state index in [-0.39, 0.29) is 5.41 Å². The fourth-order valence-corrected chi connectivity index (χ4v) is 12.7. The number of allylic oxidation sites excluding steroid dienone is 4. The molecule has 0 nitrogen and oxygen atoms in total. The van der Waals surface area contributed by atoms with E-state index in [4.69, 9.17) is 0 Å². The van der Waals surface area contributed by atoms with Gasteiger partial charge in [-0.2, -0.15) is 0 Å². The van der Waals surface area contributed by atoms with Gasteiger partial charge in [-0.1, -0.05) is 159 Å². The molecule has 10 rings (SSSR count). The van der Waals surface area contributed by atoms with Crippen molar-refractivity contribution >= 4 is 62.3 Å². The number of benzene rings is 7. The third-order valence-electron chi connectivity index (χ3n) is 11.7. The third kappa shape index (κ3) is 3.83. The first-order chi connectivity index (χ1) is 23.4. The van der Waals surface area contributed by atoms with Crippen LogP contribution in [0.1, 0.15) is 30.0 Å². The van der Waals surface area contributed by atoms with Gasteiger partial charge in [-0.3, -0.25) is 0 Å². The zero-order valence-electron chi connectivity index (χ0n) is 27.6. The second kappa shape index (κ2) is 9.89. The van der Waals surface area contributed by atoms with Crippen molar-refractivity contribution in [2.75, 3.05) is 0 Å². The van der Waals surface area contributed by atoms with Crippen LogP contribution in [-0.2, 0) is 0 Å². The summed E-state index contributed by atoms with van der Waals surface area (Å²) in [5, 5.41) is 13.8. The summed E-state index contributed by atoms with van der Waals surface area (Å²) in [6.07, 6.45) is 3.67. The van der Waals surface area contributed by atoms with E-state index in [1.165, 1.54) is 81.7 Å². The molecule has 1 aliphatic heterocycles. The molecule has 228 valence electrons. The molecule has 48 heavy (non-hydrogen) atoms. The Morgan fingerprint density at radius 3 is 1.71 bits per heavy atom. The summed E-state index contributed by atoms with van der Waals surface area (Å²) in [6, 6.07) is 54.9. The number of hydrogen-bond donors (Lipinski definition) is 0. The van der Waals surface area contributed by atoms with Crippen LogP contribution in [0, 0.1) is 5.41 Å². The lowest BCUT2D eigenvalue weighted by molar-refractivity contribution is 0.542. The molecule has 0 aromatic heterocycles. The van der Waals surface area contributed by atoms with Gasteiger partial charge in [0.05, 0.1) is 0 Å². The molecule has 2 aliphatic carbocycles.